The smallest absolute Gasteiger partial charge is 0.263 e. The van der Waals surface area contributed by atoms with E-state index in [-0.39, 0.29) is 48.7 Å². The molecule has 2 aliphatic heterocycles. The number of hydrogen-bond donors (Lipinski definition) is 2. The lowest BCUT2D eigenvalue weighted by atomic mass is 9.99. The van der Waals surface area contributed by atoms with Gasteiger partial charge in [0.15, 0.2) is 5.78 Å². The van der Waals surface area contributed by atoms with Crippen LogP contribution in [0.15, 0.2) is 59.5 Å². The molecule has 262 valence electrons. The maximum atomic E-state index is 14.3. The zero-order valence-electron chi connectivity index (χ0n) is 27.9. The molecular formula is C38H35FN4O7S. The summed E-state index contributed by atoms with van der Waals surface area (Å²) in [7, 11) is 1.73. The Labute approximate surface area is 296 Å². The molecule has 1 atom stereocenters. The maximum Gasteiger partial charge on any atom is 0.263 e. The van der Waals surface area contributed by atoms with Crippen LogP contribution in [0.1, 0.15) is 74.3 Å². The molecule has 0 saturated carbocycles. The van der Waals surface area contributed by atoms with Crippen LogP contribution < -0.4 is 5.32 Å². The minimum atomic E-state index is -1.02. The van der Waals surface area contributed by atoms with E-state index in [0.29, 0.717) is 47.7 Å². The highest BCUT2D eigenvalue weighted by Gasteiger charge is 2.45. The standard InChI is InChI=1S/C38H35FN4O7S/c1-42(20-21-8-10-22(11-9-21)35-24-4-2-6-29(44)26-18-23(39)19-27(40-35)33(24)26)32(46)14-15-50-16-17-51-30-7-3-5-25-34(30)38(49)43(37(25)48)28-12-13-31(45)41-36(28)47/h3,5,7-11,18-19,28,40H,2,4,6,12-17,20H2,1H3,(H,41,45,47). The van der Waals surface area contributed by atoms with Gasteiger partial charge < -0.3 is 14.6 Å². The molecule has 1 fully saturated rings. The third-order valence-electron chi connectivity index (χ3n) is 9.56. The van der Waals surface area contributed by atoms with Crippen molar-refractivity contribution in [2.45, 2.75) is 56.0 Å². The molecule has 13 heteroatoms. The molecular weight excluding hydrogens is 676 g/mol. The second-order valence-electron chi connectivity index (χ2n) is 12.9. The van der Waals surface area contributed by atoms with E-state index in [4.69, 9.17) is 4.74 Å². The van der Waals surface area contributed by atoms with Crippen molar-refractivity contribution < 1.29 is 37.9 Å². The van der Waals surface area contributed by atoms with E-state index in [1.165, 1.54) is 23.9 Å². The Morgan fingerprint density at radius 1 is 0.980 bits per heavy atom. The van der Waals surface area contributed by atoms with Crippen molar-refractivity contribution >= 4 is 58.0 Å². The monoisotopic (exact) mass is 710 g/mol. The Morgan fingerprint density at radius 2 is 1.78 bits per heavy atom. The Bertz CT molecular complexity index is 2110. The Morgan fingerprint density at radius 3 is 2.57 bits per heavy atom. The fraction of sp³-hybridized carbons (Fsp3) is 0.316. The number of rotatable bonds is 11. The molecule has 51 heavy (non-hydrogen) atoms. The number of hydrogen-bond acceptors (Lipinski definition) is 8. The van der Waals surface area contributed by atoms with Gasteiger partial charge in [0.05, 0.1) is 30.8 Å². The molecule has 5 amide bonds. The first-order valence-corrected chi connectivity index (χ1v) is 17.8. The predicted molar refractivity (Wildman–Crippen MR) is 187 cm³/mol. The number of carbonyl (C=O) groups excluding carboxylic acids is 6. The number of benzene rings is 3. The minimum Gasteiger partial charge on any atom is -0.380 e. The second kappa shape index (κ2) is 14.2. The second-order valence-corrected chi connectivity index (χ2v) is 14.1. The van der Waals surface area contributed by atoms with Crippen molar-refractivity contribution in [2.75, 3.05) is 26.0 Å². The van der Waals surface area contributed by atoms with E-state index in [1.807, 2.05) is 24.3 Å². The normalized spacial score (nSPS) is 17.2. The molecule has 1 unspecified atom stereocenters. The number of ether oxygens (including phenoxy) is 1. The lowest BCUT2D eigenvalue weighted by Gasteiger charge is -2.27. The molecule has 3 heterocycles. The van der Waals surface area contributed by atoms with Crippen LogP contribution in [0, 0.1) is 5.82 Å². The number of carbonyl (C=O) groups is 6. The van der Waals surface area contributed by atoms with Crippen LogP contribution >= 0.6 is 11.8 Å². The van der Waals surface area contributed by atoms with Crippen LogP contribution in [0.2, 0.25) is 0 Å². The van der Waals surface area contributed by atoms with E-state index in [1.54, 1.807) is 30.1 Å². The number of halogens is 1. The first-order valence-electron chi connectivity index (χ1n) is 16.9. The van der Waals surface area contributed by atoms with Gasteiger partial charge in [-0.15, -0.1) is 11.8 Å². The van der Waals surface area contributed by atoms with Gasteiger partial charge in [-0.1, -0.05) is 30.3 Å². The largest absolute Gasteiger partial charge is 0.380 e. The zero-order chi connectivity index (χ0) is 35.8. The Hall–Kier alpha value is -5.14. The van der Waals surface area contributed by atoms with Crippen molar-refractivity contribution in [3.8, 4) is 11.3 Å². The van der Waals surface area contributed by atoms with Gasteiger partial charge in [0.1, 0.15) is 11.9 Å². The third kappa shape index (κ3) is 6.71. The van der Waals surface area contributed by atoms with E-state index in [9.17, 15) is 33.2 Å². The summed E-state index contributed by atoms with van der Waals surface area (Å²) in [5, 5.41) is 3.00. The molecule has 4 aromatic rings. The number of amides is 5. The molecule has 1 aliphatic carbocycles. The summed E-state index contributed by atoms with van der Waals surface area (Å²) in [4.78, 5) is 82.2. The number of aromatic amines is 1. The molecule has 11 nitrogen and oxygen atoms in total. The van der Waals surface area contributed by atoms with Crippen molar-refractivity contribution in [3.63, 3.8) is 0 Å². The molecule has 1 saturated heterocycles. The molecule has 7 rings (SSSR count). The van der Waals surface area contributed by atoms with Gasteiger partial charge in [-0.2, -0.15) is 0 Å². The first kappa shape index (κ1) is 34.3. The number of aromatic nitrogens is 1. The number of Topliss-reactive ketones (excluding diaryl/α,β-unsaturated/α-hetero) is 1. The van der Waals surface area contributed by atoms with Gasteiger partial charge in [0.25, 0.3) is 11.8 Å². The van der Waals surface area contributed by atoms with Crippen molar-refractivity contribution in [1.29, 1.82) is 0 Å². The van der Waals surface area contributed by atoms with Gasteiger partial charge in [-0.05, 0) is 60.2 Å². The summed E-state index contributed by atoms with van der Waals surface area (Å²) >= 11 is 1.35. The van der Waals surface area contributed by atoms with E-state index < -0.39 is 35.5 Å². The van der Waals surface area contributed by atoms with E-state index >= 15 is 0 Å². The molecule has 0 spiro atoms. The summed E-state index contributed by atoms with van der Waals surface area (Å²) in [5.74, 6) is -2.27. The number of fused-ring (bicyclic) bond motifs is 1. The predicted octanol–water partition coefficient (Wildman–Crippen LogP) is 5.05. The molecule has 0 radical (unpaired) electrons. The van der Waals surface area contributed by atoms with Gasteiger partial charge in [-0.3, -0.25) is 39.0 Å². The lowest BCUT2D eigenvalue weighted by Crippen LogP contribution is -2.54. The number of piperidine rings is 1. The number of ketones is 1. The lowest BCUT2D eigenvalue weighted by molar-refractivity contribution is -0.136. The highest BCUT2D eigenvalue weighted by Crippen LogP contribution is 2.37. The number of aryl methyl sites for hydroxylation is 1. The summed E-state index contributed by atoms with van der Waals surface area (Å²) in [5.41, 5.74) is 5.30. The first-order chi connectivity index (χ1) is 24.6. The highest BCUT2D eigenvalue weighted by molar-refractivity contribution is 7.99. The molecule has 2 N–H and O–H groups in total. The number of nitrogens with zero attached hydrogens (tertiary/aromatic N) is 2. The van der Waals surface area contributed by atoms with Crippen LogP contribution in [0.25, 0.3) is 22.2 Å². The van der Waals surface area contributed by atoms with Crippen molar-refractivity contribution in [1.82, 2.24) is 20.1 Å². The quantitative estimate of drug-likeness (QED) is 0.125. The minimum absolute atomic E-state index is 0.0377. The fourth-order valence-corrected chi connectivity index (χ4v) is 7.99. The van der Waals surface area contributed by atoms with Crippen LogP contribution in [0.4, 0.5) is 4.39 Å². The molecule has 0 bridgehead atoms. The summed E-state index contributed by atoms with van der Waals surface area (Å²) in [6.07, 6.45) is 2.15. The number of thioether (sulfide) groups is 1. The average molecular weight is 711 g/mol. The van der Waals surface area contributed by atoms with Crippen molar-refractivity contribution in [3.05, 3.63) is 88.2 Å². The zero-order valence-corrected chi connectivity index (χ0v) is 28.7. The van der Waals surface area contributed by atoms with Crippen LogP contribution in [-0.2, 0) is 32.1 Å². The van der Waals surface area contributed by atoms with Crippen LogP contribution in [0.3, 0.4) is 0 Å². The summed E-state index contributed by atoms with van der Waals surface area (Å²) < 4.78 is 20.0. The van der Waals surface area contributed by atoms with Gasteiger partial charge in [0.2, 0.25) is 17.7 Å². The number of nitrogens with one attached hydrogen (secondary N) is 2. The van der Waals surface area contributed by atoms with Gasteiger partial charge in [0, 0.05) is 59.2 Å². The third-order valence-corrected chi connectivity index (χ3v) is 10.6. The van der Waals surface area contributed by atoms with Crippen LogP contribution in [-0.4, -0.2) is 82.2 Å². The maximum absolute atomic E-state index is 14.3. The van der Waals surface area contributed by atoms with Crippen LogP contribution in [0.5, 0.6) is 0 Å². The fourth-order valence-electron chi connectivity index (χ4n) is 7.05. The van der Waals surface area contributed by atoms with Gasteiger partial charge >= 0.3 is 0 Å². The number of H-pyrrole nitrogens is 1. The Kier molecular flexibility index (Phi) is 9.58. The highest BCUT2D eigenvalue weighted by atomic mass is 32.2. The molecule has 1 aromatic heterocycles. The van der Waals surface area contributed by atoms with Gasteiger partial charge in [-0.25, -0.2) is 4.39 Å². The topological polar surface area (TPSA) is 146 Å². The average Bonchev–Trinajstić information content (AvgIpc) is 3.53. The van der Waals surface area contributed by atoms with E-state index in [0.717, 1.165) is 39.1 Å². The molecule has 3 aliphatic rings. The summed E-state index contributed by atoms with van der Waals surface area (Å²) in [6.45, 7) is 0.925. The molecule has 3 aromatic carbocycles. The van der Waals surface area contributed by atoms with E-state index in [2.05, 4.69) is 10.3 Å². The SMILES string of the molecule is CN(Cc1ccc(-c2[nH]c3cc(F)cc4c3c2CCCC4=O)cc1)C(=O)CCOCCSc1cccc2c1C(=O)N(C1CCC(=O)NC1=O)C2=O. The van der Waals surface area contributed by atoms with Crippen molar-refractivity contribution in [2.24, 2.45) is 0 Å². The Balaban J connectivity index is 0.888. The summed E-state index contributed by atoms with van der Waals surface area (Å²) in [6, 6.07) is 14.6. The number of imide groups is 2.